The maximum absolute atomic E-state index is 8.39. The third-order valence-corrected chi connectivity index (χ3v) is 1.71. The van der Waals surface area contributed by atoms with Gasteiger partial charge in [0.1, 0.15) is 0 Å². The van der Waals surface area contributed by atoms with Crippen molar-refractivity contribution >= 4 is 6.02 Å². The van der Waals surface area contributed by atoms with Gasteiger partial charge in [-0.2, -0.15) is 10.5 Å². The Morgan fingerprint density at radius 1 is 1.54 bits per heavy atom. The first kappa shape index (κ1) is 9.34. The molecule has 1 aliphatic heterocycles. The van der Waals surface area contributed by atoms with E-state index >= 15 is 0 Å². The van der Waals surface area contributed by atoms with Crippen molar-refractivity contribution in [3.63, 3.8) is 0 Å². The summed E-state index contributed by atoms with van der Waals surface area (Å²) in [5.74, 6) is 0. The predicted octanol–water partition coefficient (Wildman–Crippen LogP) is 0.459. The van der Waals surface area contributed by atoms with Gasteiger partial charge in [-0.05, 0) is 6.42 Å². The van der Waals surface area contributed by atoms with Crippen LogP contribution in [0, 0.1) is 22.8 Å². The van der Waals surface area contributed by atoms with E-state index in [1.54, 1.807) is 6.19 Å². The number of hydrogen-bond acceptors (Lipinski definition) is 4. The van der Waals surface area contributed by atoms with Crippen LogP contribution in [0.5, 0.6) is 0 Å². The van der Waals surface area contributed by atoms with E-state index in [1.807, 2.05) is 11.0 Å². The highest BCUT2D eigenvalue weighted by Gasteiger charge is 2.16. The highest BCUT2D eigenvalue weighted by Crippen LogP contribution is 2.05. The van der Waals surface area contributed by atoms with E-state index in [0.29, 0.717) is 25.6 Å². The Bertz CT molecular complexity index is 273. The first-order valence-corrected chi connectivity index (χ1v) is 4.10. The molecule has 1 aliphatic rings. The topological polar surface area (TPSA) is 72.4 Å². The van der Waals surface area contributed by atoms with E-state index in [2.05, 4.69) is 4.99 Å². The number of ether oxygens (including phenoxy) is 1. The van der Waals surface area contributed by atoms with Crippen molar-refractivity contribution in [1.29, 1.82) is 10.5 Å². The van der Waals surface area contributed by atoms with Crippen LogP contribution in [0.15, 0.2) is 4.99 Å². The molecule has 1 fully saturated rings. The van der Waals surface area contributed by atoms with Crippen LogP contribution < -0.4 is 0 Å². The monoisotopic (exact) mass is 178 g/mol. The molecular formula is C8H10N4O. The van der Waals surface area contributed by atoms with E-state index < -0.39 is 0 Å². The van der Waals surface area contributed by atoms with Gasteiger partial charge >= 0.3 is 6.02 Å². The third kappa shape index (κ3) is 2.64. The van der Waals surface area contributed by atoms with Crippen LogP contribution in [-0.4, -0.2) is 30.6 Å². The Morgan fingerprint density at radius 2 is 2.38 bits per heavy atom. The molecule has 0 aromatic heterocycles. The Balaban J connectivity index is 2.54. The molecule has 0 aliphatic carbocycles. The molecule has 0 radical (unpaired) electrons. The Labute approximate surface area is 76.8 Å². The lowest BCUT2D eigenvalue weighted by Crippen LogP contribution is -2.39. The maximum atomic E-state index is 8.39. The van der Waals surface area contributed by atoms with Crippen LogP contribution in [0.3, 0.4) is 0 Å². The average molecular weight is 178 g/mol. The Hall–Kier alpha value is -1.75. The van der Waals surface area contributed by atoms with Crippen molar-refractivity contribution in [3.05, 3.63) is 0 Å². The van der Waals surface area contributed by atoms with Gasteiger partial charge in [0.05, 0.1) is 19.1 Å². The molecule has 0 bridgehead atoms. The second-order valence-corrected chi connectivity index (χ2v) is 2.59. The van der Waals surface area contributed by atoms with Crippen molar-refractivity contribution in [2.75, 3.05) is 19.7 Å². The quantitative estimate of drug-likeness (QED) is 0.576. The summed E-state index contributed by atoms with van der Waals surface area (Å²) in [6, 6.07) is 2.39. The third-order valence-electron chi connectivity index (χ3n) is 1.71. The van der Waals surface area contributed by atoms with E-state index in [4.69, 9.17) is 15.3 Å². The first-order valence-electron chi connectivity index (χ1n) is 4.10. The summed E-state index contributed by atoms with van der Waals surface area (Å²) in [6.45, 7) is 1.99. The predicted molar refractivity (Wildman–Crippen MR) is 45.4 cm³/mol. The summed E-state index contributed by atoms with van der Waals surface area (Å²) in [5, 5.41) is 16.7. The fraction of sp³-hybridized carbons (Fsp3) is 0.625. The van der Waals surface area contributed by atoms with Crippen molar-refractivity contribution < 1.29 is 4.74 Å². The molecule has 5 nitrogen and oxygen atoms in total. The molecule has 0 atom stereocenters. The second kappa shape index (κ2) is 5.00. The van der Waals surface area contributed by atoms with Gasteiger partial charge in [0.15, 0.2) is 0 Å². The lowest BCUT2D eigenvalue weighted by Gasteiger charge is -2.28. The van der Waals surface area contributed by atoms with Gasteiger partial charge in [0, 0.05) is 13.1 Å². The van der Waals surface area contributed by atoms with E-state index in [-0.39, 0.29) is 0 Å². The first-order chi connectivity index (χ1) is 6.38. The molecule has 1 heterocycles. The van der Waals surface area contributed by atoms with Gasteiger partial charge in [0.2, 0.25) is 6.19 Å². The average Bonchev–Trinajstić information content (AvgIpc) is 2.17. The fourth-order valence-corrected chi connectivity index (χ4v) is 1.14. The molecule has 68 valence electrons. The number of nitrogens with zero attached hydrogens (tertiary/aromatic N) is 4. The molecule has 0 spiro atoms. The van der Waals surface area contributed by atoms with Gasteiger partial charge in [-0.3, -0.25) is 0 Å². The largest absolute Gasteiger partial charge is 0.464 e. The summed E-state index contributed by atoms with van der Waals surface area (Å²) in [5.41, 5.74) is 0. The van der Waals surface area contributed by atoms with Crippen molar-refractivity contribution in [1.82, 2.24) is 4.90 Å². The normalized spacial score (nSPS) is 18.9. The lowest BCUT2D eigenvalue weighted by atomic mass is 10.3. The zero-order valence-electron chi connectivity index (χ0n) is 7.23. The number of nitriles is 2. The zero-order valence-corrected chi connectivity index (χ0v) is 7.23. The van der Waals surface area contributed by atoms with E-state index in [0.717, 1.165) is 13.0 Å². The van der Waals surface area contributed by atoms with Crippen LogP contribution >= 0.6 is 0 Å². The second-order valence-electron chi connectivity index (χ2n) is 2.59. The molecule has 0 aromatic carbocycles. The lowest BCUT2D eigenvalue weighted by molar-refractivity contribution is 0.176. The van der Waals surface area contributed by atoms with E-state index in [9.17, 15) is 0 Å². The van der Waals surface area contributed by atoms with Crippen LogP contribution in [0.25, 0.3) is 0 Å². The standard InChI is InChI=1S/C8H10N4O/c9-3-1-4-12-5-2-6-13-8(12)11-7-10/h1-2,4-6H2. The molecule has 0 amide bonds. The van der Waals surface area contributed by atoms with E-state index in [1.165, 1.54) is 0 Å². The maximum Gasteiger partial charge on any atom is 0.302 e. The number of hydrogen-bond donors (Lipinski definition) is 0. The van der Waals surface area contributed by atoms with Crippen LogP contribution in [0.4, 0.5) is 0 Å². The Kier molecular flexibility index (Phi) is 3.59. The summed E-state index contributed by atoms with van der Waals surface area (Å²) in [6.07, 6.45) is 3.02. The van der Waals surface area contributed by atoms with Crippen LogP contribution in [-0.2, 0) is 4.74 Å². The molecule has 1 rings (SSSR count). The molecule has 1 saturated heterocycles. The van der Waals surface area contributed by atoms with Gasteiger partial charge in [0.25, 0.3) is 0 Å². The highest BCUT2D eigenvalue weighted by atomic mass is 16.5. The van der Waals surface area contributed by atoms with Crippen molar-refractivity contribution in [2.45, 2.75) is 12.8 Å². The summed E-state index contributed by atoms with van der Waals surface area (Å²) < 4.78 is 5.17. The molecule has 0 aromatic rings. The van der Waals surface area contributed by atoms with Crippen molar-refractivity contribution in [3.8, 4) is 12.3 Å². The molecule has 13 heavy (non-hydrogen) atoms. The minimum atomic E-state index is 0.351. The van der Waals surface area contributed by atoms with Crippen molar-refractivity contribution in [2.24, 2.45) is 4.99 Å². The smallest absolute Gasteiger partial charge is 0.302 e. The molecular weight excluding hydrogens is 168 g/mol. The molecule has 0 saturated carbocycles. The molecule has 0 unspecified atom stereocenters. The molecule has 5 heteroatoms. The minimum Gasteiger partial charge on any atom is -0.464 e. The SMILES string of the molecule is N#CCCN1CCCOC1=NC#N. The van der Waals surface area contributed by atoms with Crippen LogP contribution in [0.2, 0.25) is 0 Å². The number of amidine groups is 1. The van der Waals surface area contributed by atoms with Crippen LogP contribution in [0.1, 0.15) is 12.8 Å². The minimum absolute atomic E-state index is 0.351. The molecule has 0 N–H and O–H groups in total. The zero-order chi connectivity index (χ0) is 9.52. The van der Waals surface area contributed by atoms with Gasteiger partial charge in [-0.1, -0.05) is 0 Å². The number of aliphatic imine (C=N–C) groups is 1. The van der Waals surface area contributed by atoms with Gasteiger partial charge in [-0.15, -0.1) is 4.99 Å². The number of rotatable bonds is 2. The summed E-state index contributed by atoms with van der Waals surface area (Å²) in [7, 11) is 0. The Morgan fingerprint density at radius 3 is 3.08 bits per heavy atom. The van der Waals surface area contributed by atoms with Gasteiger partial charge in [-0.25, -0.2) is 0 Å². The summed E-state index contributed by atoms with van der Waals surface area (Å²) >= 11 is 0. The van der Waals surface area contributed by atoms with Gasteiger partial charge < -0.3 is 9.64 Å². The fourth-order valence-electron chi connectivity index (χ4n) is 1.14. The summed E-state index contributed by atoms with van der Waals surface area (Å²) in [4.78, 5) is 5.35. The highest BCUT2D eigenvalue weighted by molar-refractivity contribution is 5.75.